The Morgan fingerprint density at radius 3 is 2.00 bits per heavy atom. The second-order valence-electron chi connectivity index (χ2n) is 1.62. The standard InChI is InChI=1S/C7H7Cl.CH5N/c8-6-7-4-2-1-3-5-7;1-2/h1-5H,6H2;2H2,1H3. The highest BCUT2D eigenvalue weighted by atomic mass is 35.5. The van der Waals surface area contributed by atoms with Crippen LogP contribution in [0.3, 0.4) is 0 Å². The molecule has 0 saturated carbocycles. The highest BCUT2D eigenvalue weighted by molar-refractivity contribution is 6.17. The summed E-state index contributed by atoms with van der Waals surface area (Å²) in [6.45, 7) is 0. The Kier molecular flexibility index (Phi) is 6.24. The van der Waals surface area contributed by atoms with Crippen molar-refractivity contribution >= 4 is 11.6 Å². The molecule has 0 radical (unpaired) electrons. The van der Waals surface area contributed by atoms with Crippen molar-refractivity contribution in [3.63, 3.8) is 0 Å². The molecule has 0 aliphatic heterocycles. The highest BCUT2D eigenvalue weighted by Crippen LogP contribution is 2.00. The van der Waals surface area contributed by atoms with Gasteiger partial charge in [0.25, 0.3) is 0 Å². The average molecular weight is 158 g/mol. The van der Waals surface area contributed by atoms with E-state index >= 15 is 0 Å². The van der Waals surface area contributed by atoms with Crippen molar-refractivity contribution in [2.45, 2.75) is 5.88 Å². The molecule has 2 heteroatoms. The summed E-state index contributed by atoms with van der Waals surface area (Å²) in [5.74, 6) is 0.612. The number of hydrogen-bond donors (Lipinski definition) is 1. The molecule has 0 spiro atoms. The Labute approximate surface area is 66.8 Å². The molecule has 0 heterocycles. The molecule has 0 bridgehead atoms. The minimum atomic E-state index is 0.612. The molecule has 1 aromatic carbocycles. The van der Waals surface area contributed by atoms with Gasteiger partial charge >= 0.3 is 0 Å². The molecule has 0 aromatic heterocycles. The lowest BCUT2D eigenvalue weighted by atomic mass is 10.2. The summed E-state index contributed by atoms with van der Waals surface area (Å²) in [5, 5.41) is 0. The van der Waals surface area contributed by atoms with Gasteiger partial charge in [0.2, 0.25) is 0 Å². The maximum atomic E-state index is 5.53. The molecular formula is C8H12ClN. The zero-order valence-corrected chi connectivity index (χ0v) is 6.81. The van der Waals surface area contributed by atoms with Gasteiger partial charge in [-0.1, -0.05) is 30.3 Å². The number of nitrogens with two attached hydrogens (primary N) is 1. The third kappa shape index (κ3) is 3.49. The second-order valence-corrected chi connectivity index (χ2v) is 1.89. The molecule has 0 atom stereocenters. The average Bonchev–Trinajstić information content (AvgIpc) is 2.10. The van der Waals surface area contributed by atoms with E-state index < -0.39 is 0 Å². The molecule has 1 aromatic rings. The molecule has 0 unspecified atom stereocenters. The molecule has 0 amide bonds. The molecule has 10 heavy (non-hydrogen) atoms. The quantitative estimate of drug-likeness (QED) is 0.620. The number of halogens is 1. The van der Waals surface area contributed by atoms with Gasteiger partial charge in [-0.3, -0.25) is 0 Å². The van der Waals surface area contributed by atoms with Crippen LogP contribution in [-0.2, 0) is 5.88 Å². The predicted molar refractivity (Wildman–Crippen MR) is 46.1 cm³/mol. The molecule has 2 N–H and O–H groups in total. The van der Waals surface area contributed by atoms with E-state index in [0.717, 1.165) is 0 Å². The summed E-state index contributed by atoms with van der Waals surface area (Å²) < 4.78 is 0. The lowest BCUT2D eigenvalue weighted by Crippen LogP contribution is -1.71. The van der Waals surface area contributed by atoms with E-state index in [-0.39, 0.29) is 0 Å². The van der Waals surface area contributed by atoms with Crippen LogP contribution >= 0.6 is 11.6 Å². The van der Waals surface area contributed by atoms with Gasteiger partial charge in [-0.15, -0.1) is 11.6 Å². The van der Waals surface area contributed by atoms with Crippen molar-refractivity contribution in [2.24, 2.45) is 5.73 Å². The number of alkyl halides is 1. The van der Waals surface area contributed by atoms with Crippen LogP contribution in [0.4, 0.5) is 0 Å². The summed E-state index contributed by atoms with van der Waals surface area (Å²) in [6, 6.07) is 9.96. The molecule has 0 fully saturated rings. The zero-order valence-electron chi connectivity index (χ0n) is 6.05. The van der Waals surface area contributed by atoms with Gasteiger partial charge in [0.1, 0.15) is 0 Å². The molecular weight excluding hydrogens is 146 g/mol. The monoisotopic (exact) mass is 157 g/mol. The SMILES string of the molecule is CN.ClCc1ccccc1. The van der Waals surface area contributed by atoms with Gasteiger partial charge in [0.15, 0.2) is 0 Å². The third-order valence-electron chi connectivity index (χ3n) is 0.997. The fourth-order valence-electron chi connectivity index (χ4n) is 0.567. The molecule has 0 saturated heterocycles. The van der Waals surface area contributed by atoms with Crippen molar-refractivity contribution in [3.05, 3.63) is 35.9 Å². The first-order chi connectivity index (χ1) is 4.93. The highest BCUT2D eigenvalue weighted by Gasteiger charge is 1.81. The summed E-state index contributed by atoms with van der Waals surface area (Å²) in [5.41, 5.74) is 5.68. The van der Waals surface area contributed by atoms with Crippen molar-refractivity contribution in [3.8, 4) is 0 Å². The van der Waals surface area contributed by atoms with Crippen LogP contribution in [0.15, 0.2) is 30.3 Å². The summed E-state index contributed by atoms with van der Waals surface area (Å²) >= 11 is 5.53. The number of benzene rings is 1. The Morgan fingerprint density at radius 2 is 1.70 bits per heavy atom. The van der Waals surface area contributed by atoms with Crippen LogP contribution in [0.1, 0.15) is 5.56 Å². The van der Waals surface area contributed by atoms with Gasteiger partial charge < -0.3 is 5.73 Å². The first kappa shape index (κ1) is 9.47. The van der Waals surface area contributed by atoms with Crippen LogP contribution in [0.5, 0.6) is 0 Å². The topological polar surface area (TPSA) is 26.0 Å². The first-order valence-electron chi connectivity index (χ1n) is 3.11. The Balaban J connectivity index is 0.000000371. The van der Waals surface area contributed by atoms with E-state index in [2.05, 4.69) is 5.73 Å². The van der Waals surface area contributed by atoms with Crippen LogP contribution in [0.2, 0.25) is 0 Å². The van der Waals surface area contributed by atoms with E-state index in [1.54, 1.807) is 0 Å². The maximum Gasteiger partial charge on any atom is 0.0474 e. The van der Waals surface area contributed by atoms with E-state index in [4.69, 9.17) is 11.6 Å². The summed E-state index contributed by atoms with van der Waals surface area (Å²) in [6.07, 6.45) is 0. The second kappa shape index (κ2) is 6.59. The van der Waals surface area contributed by atoms with Crippen LogP contribution in [-0.4, -0.2) is 7.05 Å². The third-order valence-corrected chi connectivity index (χ3v) is 1.31. The fraction of sp³-hybridized carbons (Fsp3) is 0.250. The number of rotatable bonds is 1. The van der Waals surface area contributed by atoms with Crippen LogP contribution in [0, 0.1) is 0 Å². The van der Waals surface area contributed by atoms with Gasteiger partial charge in [-0.2, -0.15) is 0 Å². The molecule has 1 nitrogen and oxygen atoms in total. The fourth-order valence-corrected chi connectivity index (χ4v) is 0.745. The molecule has 0 aliphatic carbocycles. The Morgan fingerprint density at radius 1 is 1.20 bits per heavy atom. The maximum absolute atomic E-state index is 5.53. The number of hydrogen-bond acceptors (Lipinski definition) is 1. The van der Waals surface area contributed by atoms with Gasteiger partial charge in [0, 0.05) is 5.88 Å². The largest absolute Gasteiger partial charge is 0.333 e. The smallest absolute Gasteiger partial charge is 0.0474 e. The van der Waals surface area contributed by atoms with E-state index in [0.29, 0.717) is 5.88 Å². The van der Waals surface area contributed by atoms with Crippen LogP contribution < -0.4 is 5.73 Å². The van der Waals surface area contributed by atoms with Gasteiger partial charge in [0.05, 0.1) is 0 Å². The van der Waals surface area contributed by atoms with Gasteiger partial charge in [-0.25, -0.2) is 0 Å². The first-order valence-corrected chi connectivity index (χ1v) is 3.64. The van der Waals surface area contributed by atoms with Crippen molar-refractivity contribution in [2.75, 3.05) is 7.05 Å². The summed E-state index contributed by atoms with van der Waals surface area (Å²) in [4.78, 5) is 0. The van der Waals surface area contributed by atoms with Crippen molar-refractivity contribution in [1.82, 2.24) is 0 Å². The molecule has 1 rings (SSSR count). The summed E-state index contributed by atoms with van der Waals surface area (Å²) in [7, 11) is 1.50. The molecule has 0 aliphatic rings. The normalized spacial score (nSPS) is 7.90. The minimum Gasteiger partial charge on any atom is -0.333 e. The van der Waals surface area contributed by atoms with Crippen molar-refractivity contribution < 1.29 is 0 Å². The Bertz CT molecular complexity index is 151. The minimum absolute atomic E-state index is 0.612. The van der Waals surface area contributed by atoms with Gasteiger partial charge in [-0.05, 0) is 12.6 Å². The lowest BCUT2D eigenvalue weighted by Gasteiger charge is -1.88. The molecule has 56 valence electrons. The van der Waals surface area contributed by atoms with Crippen molar-refractivity contribution in [1.29, 1.82) is 0 Å². The van der Waals surface area contributed by atoms with E-state index in [1.165, 1.54) is 12.6 Å². The van der Waals surface area contributed by atoms with E-state index in [1.807, 2.05) is 30.3 Å². The zero-order chi connectivity index (χ0) is 7.82. The van der Waals surface area contributed by atoms with E-state index in [9.17, 15) is 0 Å². The lowest BCUT2D eigenvalue weighted by molar-refractivity contribution is 1.41. The van der Waals surface area contributed by atoms with Crippen LogP contribution in [0.25, 0.3) is 0 Å². The Hall–Kier alpha value is -0.530. The predicted octanol–water partition coefficient (Wildman–Crippen LogP) is 2.00.